The molecule has 0 atom stereocenters. The molecule has 0 saturated carbocycles. The van der Waals surface area contributed by atoms with Gasteiger partial charge >= 0.3 is 0 Å². The summed E-state index contributed by atoms with van der Waals surface area (Å²) in [4.78, 5) is 0. The molecule has 0 aliphatic rings. The molecule has 1 aromatic heterocycles. The van der Waals surface area contributed by atoms with Crippen LogP contribution < -0.4 is 0 Å². The van der Waals surface area contributed by atoms with Gasteiger partial charge in [0, 0.05) is 0 Å². The van der Waals surface area contributed by atoms with Crippen molar-refractivity contribution in [1.82, 2.24) is 10.2 Å². The smallest absolute Gasteiger partial charge is 0.124 e. The molecule has 0 N–H and O–H groups in total. The molecule has 0 bridgehead atoms. The maximum atomic E-state index is 3.89. The quantitative estimate of drug-likeness (QED) is 0.671. The molecule has 0 fully saturated rings. The Morgan fingerprint density at radius 2 is 2.00 bits per heavy atom. The van der Waals surface area contributed by atoms with E-state index in [0.717, 1.165) is 3.70 Å². The lowest BCUT2D eigenvalue weighted by atomic mass is 9.89. The minimum absolute atomic E-state index is 0.176. The summed E-state index contributed by atoms with van der Waals surface area (Å²) in [5.41, 5.74) is 1.41. The van der Waals surface area contributed by atoms with Gasteiger partial charge in [0.15, 0.2) is 0 Å². The van der Waals surface area contributed by atoms with Crippen LogP contribution >= 0.6 is 22.6 Å². The van der Waals surface area contributed by atoms with E-state index in [1.807, 2.05) is 6.20 Å². The van der Waals surface area contributed by atoms with Gasteiger partial charge in [-0.25, -0.2) is 0 Å². The van der Waals surface area contributed by atoms with Crippen LogP contribution in [0.1, 0.15) is 26.3 Å². The van der Waals surface area contributed by atoms with Crippen LogP contribution in [0.4, 0.5) is 0 Å². The van der Waals surface area contributed by atoms with E-state index in [2.05, 4.69) is 59.6 Å². The van der Waals surface area contributed by atoms with Gasteiger partial charge in [0.1, 0.15) is 3.70 Å². The van der Waals surface area contributed by atoms with Crippen LogP contribution in [0.15, 0.2) is 12.3 Å². The molecule has 0 aliphatic heterocycles. The molecule has 0 saturated heterocycles. The summed E-state index contributed by atoms with van der Waals surface area (Å²) >= 11 is 2.17. The predicted octanol–water partition coefficient (Wildman–Crippen LogP) is 2.38. The minimum atomic E-state index is 0.176. The summed E-state index contributed by atoms with van der Waals surface area (Å²) in [5.74, 6) is 0. The Balaban J connectivity index is 3.06. The van der Waals surface area contributed by atoms with E-state index in [1.54, 1.807) is 0 Å². The number of rotatable bonds is 0. The van der Waals surface area contributed by atoms with Crippen LogP contribution in [-0.4, -0.2) is 10.2 Å². The third kappa shape index (κ3) is 2.39. The molecule has 0 radical (unpaired) electrons. The van der Waals surface area contributed by atoms with Crippen molar-refractivity contribution < 1.29 is 0 Å². The molecular formula is C8H11IN2. The summed E-state index contributed by atoms with van der Waals surface area (Å²) < 4.78 is 0.954. The molecule has 2 nitrogen and oxygen atoms in total. The van der Waals surface area contributed by atoms with Gasteiger partial charge in [0.25, 0.3) is 0 Å². The van der Waals surface area contributed by atoms with Crippen LogP contribution in [0.3, 0.4) is 0 Å². The minimum Gasteiger partial charge on any atom is -0.158 e. The first kappa shape index (κ1) is 8.90. The largest absolute Gasteiger partial charge is 0.158 e. The maximum Gasteiger partial charge on any atom is 0.124 e. The lowest BCUT2D eigenvalue weighted by Crippen LogP contribution is -2.12. The van der Waals surface area contributed by atoms with E-state index in [9.17, 15) is 0 Å². The number of nitrogens with zero attached hydrogens (tertiary/aromatic N) is 2. The van der Waals surface area contributed by atoms with E-state index < -0.39 is 0 Å². The van der Waals surface area contributed by atoms with Gasteiger partial charge in [-0.1, -0.05) is 20.8 Å². The fourth-order valence-corrected chi connectivity index (χ4v) is 1.21. The summed E-state index contributed by atoms with van der Waals surface area (Å²) in [5, 5.41) is 7.78. The first-order chi connectivity index (χ1) is 5.00. The molecule has 0 unspecified atom stereocenters. The molecule has 0 aliphatic carbocycles. The van der Waals surface area contributed by atoms with Crippen molar-refractivity contribution >= 4 is 22.6 Å². The van der Waals surface area contributed by atoms with Crippen molar-refractivity contribution in [3.63, 3.8) is 0 Å². The Hall–Kier alpha value is -0.190. The van der Waals surface area contributed by atoms with Crippen LogP contribution in [0.2, 0.25) is 0 Å². The highest BCUT2D eigenvalue weighted by Crippen LogP contribution is 2.21. The highest BCUT2D eigenvalue weighted by Gasteiger charge is 2.13. The fraction of sp³-hybridized carbons (Fsp3) is 0.500. The van der Waals surface area contributed by atoms with Gasteiger partial charge in [-0.15, -0.1) is 5.10 Å². The Kier molecular flexibility index (Phi) is 2.47. The Bertz CT molecular complexity index is 253. The number of halogens is 1. The van der Waals surface area contributed by atoms with Gasteiger partial charge in [0.2, 0.25) is 0 Å². The summed E-state index contributed by atoms with van der Waals surface area (Å²) in [6.45, 7) is 6.50. The standard InChI is InChI=1S/C8H11IN2/c1-8(2,3)6-4-7(9)11-10-5-6/h4-5H,1-3H3. The van der Waals surface area contributed by atoms with E-state index in [0.29, 0.717) is 0 Å². The fourth-order valence-electron chi connectivity index (χ4n) is 0.751. The second kappa shape index (κ2) is 3.05. The molecule has 0 aromatic carbocycles. The molecule has 60 valence electrons. The molecule has 3 heteroatoms. The van der Waals surface area contributed by atoms with Crippen molar-refractivity contribution in [2.24, 2.45) is 0 Å². The normalized spacial score (nSPS) is 11.6. The van der Waals surface area contributed by atoms with E-state index >= 15 is 0 Å². The van der Waals surface area contributed by atoms with Crippen LogP contribution in [0.5, 0.6) is 0 Å². The third-order valence-corrected chi connectivity index (χ3v) is 2.02. The van der Waals surface area contributed by atoms with Gasteiger partial charge in [-0.3, -0.25) is 0 Å². The zero-order chi connectivity index (χ0) is 8.48. The molecule has 11 heavy (non-hydrogen) atoms. The number of hydrogen-bond donors (Lipinski definition) is 0. The van der Waals surface area contributed by atoms with E-state index in [-0.39, 0.29) is 5.41 Å². The number of hydrogen-bond acceptors (Lipinski definition) is 2. The van der Waals surface area contributed by atoms with Gasteiger partial charge in [-0.05, 0) is 39.6 Å². The average molecular weight is 262 g/mol. The Morgan fingerprint density at radius 3 is 2.36 bits per heavy atom. The van der Waals surface area contributed by atoms with Crippen molar-refractivity contribution in [3.05, 3.63) is 21.5 Å². The van der Waals surface area contributed by atoms with Crippen molar-refractivity contribution in [1.29, 1.82) is 0 Å². The zero-order valence-electron chi connectivity index (χ0n) is 6.93. The second-order valence-corrected chi connectivity index (χ2v) is 4.62. The zero-order valence-corrected chi connectivity index (χ0v) is 9.08. The average Bonchev–Trinajstić information content (AvgIpc) is 1.86. The number of aromatic nitrogens is 2. The Labute approximate surface area is 80.6 Å². The van der Waals surface area contributed by atoms with Crippen molar-refractivity contribution in [2.45, 2.75) is 26.2 Å². The summed E-state index contributed by atoms with van der Waals surface area (Å²) in [7, 11) is 0. The van der Waals surface area contributed by atoms with Crippen LogP contribution in [-0.2, 0) is 5.41 Å². The molecule has 1 heterocycles. The van der Waals surface area contributed by atoms with Crippen molar-refractivity contribution in [3.8, 4) is 0 Å². The molecular weight excluding hydrogens is 251 g/mol. The SMILES string of the molecule is CC(C)(C)c1cnnc(I)c1. The van der Waals surface area contributed by atoms with E-state index in [4.69, 9.17) is 0 Å². The van der Waals surface area contributed by atoms with E-state index in [1.165, 1.54) is 5.56 Å². The lowest BCUT2D eigenvalue weighted by Gasteiger charge is -2.17. The molecule has 1 rings (SSSR count). The monoisotopic (exact) mass is 262 g/mol. The van der Waals surface area contributed by atoms with Gasteiger partial charge in [0.05, 0.1) is 6.20 Å². The van der Waals surface area contributed by atoms with Crippen LogP contribution in [0, 0.1) is 3.70 Å². The maximum absolute atomic E-state index is 3.89. The summed E-state index contributed by atoms with van der Waals surface area (Å²) in [6, 6.07) is 2.06. The lowest BCUT2D eigenvalue weighted by molar-refractivity contribution is 0.583. The highest BCUT2D eigenvalue weighted by molar-refractivity contribution is 14.1. The Morgan fingerprint density at radius 1 is 1.36 bits per heavy atom. The molecule has 0 spiro atoms. The highest BCUT2D eigenvalue weighted by atomic mass is 127. The van der Waals surface area contributed by atoms with Crippen LogP contribution in [0.25, 0.3) is 0 Å². The topological polar surface area (TPSA) is 25.8 Å². The molecule has 1 aromatic rings. The molecule has 0 amide bonds. The van der Waals surface area contributed by atoms with Crippen molar-refractivity contribution in [2.75, 3.05) is 0 Å². The third-order valence-electron chi connectivity index (χ3n) is 1.49. The summed E-state index contributed by atoms with van der Waals surface area (Å²) in [6.07, 6.45) is 1.82. The predicted molar refractivity (Wildman–Crippen MR) is 53.4 cm³/mol. The second-order valence-electron chi connectivity index (χ2n) is 3.52. The first-order valence-electron chi connectivity index (χ1n) is 3.49. The van der Waals surface area contributed by atoms with Gasteiger partial charge < -0.3 is 0 Å². The van der Waals surface area contributed by atoms with Gasteiger partial charge in [-0.2, -0.15) is 5.10 Å². The first-order valence-corrected chi connectivity index (χ1v) is 4.57.